The van der Waals surface area contributed by atoms with Crippen molar-refractivity contribution in [2.45, 2.75) is 34.6 Å². The summed E-state index contributed by atoms with van der Waals surface area (Å²) in [6, 6.07) is 9.59. The third-order valence-electron chi connectivity index (χ3n) is 3.90. The Bertz CT molecular complexity index is 730. The third-order valence-corrected chi connectivity index (χ3v) is 5.12. The van der Waals surface area contributed by atoms with Crippen LogP contribution in [0.5, 0.6) is 17.2 Å². The van der Waals surface area contributed by atoms with Crippen molar-refractivity contribution in [3.63, 3.8) is 0 Å². The van der Waals surface area contributed by atoms with Crippen LogP contribution in [0.15, 0.2) is 30.3 Å². The predicted octanol–water partition coefficient (Wildman–Crippen LogP) is 4.00. The molecule has 0 bridgehead atoms. The van der Waals surface area contributed by atoms with Gasteiger partial charge in [-0.15, -0.1) is 0 Å². The zero-order valence-electron chi connectivity index (χ0n) is 16.1. The van der Waals surface area contributed by atoms with Gasteiger partial charge in [-0.3, -0.25) is 4.79 Å². The average Bonchev–Trinajstić information content (AvgIpc) is 2.58. The molecular weight excluding hydrogens is 354 g/mol. The van der Waals surface area contributed by atoms with Gasteiger partial charge in [0.25, 0.3) is 0 Å². The van der Waals surface area contributed by atoms with Crippen LogP contribution in [0.1, 0.15) is 42.3 Å². The average molecular weight is 382 g/mol. The molecule has 4 nitrogen and oxygen atoms in total. The van der Waals surface area contributed by atoms with Crippen molar-refractivity contribution in [3.05, 3.63) is 47.0 Å². The van der Waals surface area contributed by atoms with Crippen molar-refractivity contribution in [2.75, 3.05) is 19.8 Å². The topological polar surface area (TPSA) is 44.8 Å². The first-order valence-electron chi connectivity index (χ1n) is 8.95. The van der Waals surface area contributed by atoms with Crippen LogP contribution in [0, 0.1) is 13.8 Å². The fourth-order valence-corrected chi connectivity index (χ4v) is 4.11. The molecule has 0 amide bonds. The molecule has 1 unspecified atom stereocenters. The Balaban J connectivity index is 0.00000364. The molecule has 0 aliphatic heterocycles. The first-order chi connectivity index (χ1) is 12.5. The van der Waals surface area contributed by atoms with Crippen molar-refractivity contribution >= 4 is 38.3 Å². The number of aryl methyl sites for hydroxylation is 2. The fourth-order valence-electron chi connectivity index (χ4n) is 2.83. The van der Waals surface area contributed by atoms with E-state index < -0.39 is 0 Å². The zero-order chi connectivity index (χ0) is 19.1. The molecule has 2 aromatic rings. The molecule has 0 saturated carbocycles. The number of carbonyl (C=O) groups is 1. The van der Waals surface area contributed by atoms with Gasteiger partial charge in [-0.25, -0.2) is 0 Å². The standard InChI is InChI=1S/C21H27O4P.Li.H/c1-6-23-16-12-17(24-7-2)20(18(13-16)25-8-3)26-21(22)19-14(4)10-9-11-15(19)5;;/h9-13,26H,6-8H2,1-5H3;;. The Kier molecular flexibility index (Phi) is 9.95. The quantitative estimate of drug-likeness (QED) is 0.486. The molecule has 1 atom stereocenters. The predicted molar refractivity (Wildman–Crippen MR) is 115 cm³/mol. The summed E-state index contributed by atoms with van der Waals surface area (Å²) in [6.45, 7) is 11.3. The van der Waals surface area contributed by atoms with Crippen LogP contribution in [0.4, 0.5) is 0 Å². The molecule has 2 aromatic carbocycles. The Morgan fingerprint density at radius 2 is 1.37 bits per heavy atom. The van der Waals surface area contributed by atoms with Gasteiger partial charge in [0.1, 0.15) is 17.2 Å². The summed E-state index contributed by atoms with van der Waals surface area (Å²) in [5.74, 6) is 1.99. The molecule has 2 rings (SSSR count). The molecule has 0 saturated heterocycles. The van der Waals surface area contributed by atoms with Crippen molar-refractivity contribution in [2.24, 2.45) is 0 Å². The number of benzene rings is 2. The van der Waals surface area contributed by atoms with E-state index in [1.807, 2.05) is 65.0 Å². The molecule has 27 heavy (non-hydrogen) atoms. The van der Waals surface area contributed by atoms with E-state index in [1.165, 1.54) is 0 Å². The summed E-state index contributed by atoms with van der Waals surface area (Å²) < 4.78 is 17.2. The number of rotatable bonds is 9. The molecule has 0 heterocycles. The second-order valence-electron chi connectivity index (χ2n) is 5.81. The summed E-state index contributed by atoms with van der Waals surface area (Å²) in [4.78, 5) is 13.0. The summed E-state index contributed by atoms with van der Waals surface area (Å²) in [5, 5.41) is 0.796. The van der Waals surface area contributed by atoms with Crippen molar-refractivity contribution in [3.8, 4) is 17.2 Å². The van der Waals surface area contributed by atoms with Crippen LogP contribution in [-0.4, -0.2) is 44.2 Å². The van der Waals surface area contributed by atoms with E-state index in [2.05, 4.69) is 0 Å². The van der Waals surface area contributed by atoms with Gasteiger partial charge in [-0.05, 0) is 54.3 Å². The molecule has 0 N–H and O–H groups in total. The number of carbonyl (C=O) groups excluding carboxylic acids is 1. The molecule has 0 aromatic heterocycles. The molecule has 0 spiro atoms. The van der Waals surface area contributed by atoms with Gasteiger partial charge in [-0.1, -0.05) is 18.2 Å². The van der Waals surface area contributed by atoms with Gasteiger partial charge < -0.3 is 14.2 Å². The van der Waals surface area contributed by atoms with E-state index in [0.717, 1.165) is 22.0 Å². The third kappa shape index (κ3) is 6.01. The van der Waals surface area contributed by atoms with Crippen LogP contribution in [0.2, 0.25) is 0 Å². The van der Waals surface area contributed by atoms with E-state index >= 15 is 0 Å². The minimum atomic E-state index is -0.0802. The minimum absolute atomic E-state index is 0. The molecule has 142 valence electrons. The molecular formula is C21H28LiO4P. The Hall–Kier alpha value is -1.46. The molecule has 0 radical (unpaired) electrons. The Morgan fingerprint density at radius 1 is 0.889 bits per heavy atom. The van der Waals surface area contributed by atoms with Crippen LogP contribution >= 0.6 is 8.58 Å². The SMILES string of the molecule is CCOc1cc(OCC)c(PC(=O)c2c(C)cccc2C)c(OCC)c1.[LiH]. The Morgan fingerprint density at radius 3 is 1.81 bits per heavy atom. The fraction of sp³-hybridized carbons (Fsp3) is 0.381. The van der Waals surface area contributed by atoms with Crippen molar-refractivity contribution in [1.29, 1.82) is 0 Å². The number of ether oxygens (including phenoxy) is 3. The monoisotopic (exact) mass is 382 g/mol. The summed E-state index contributed by atoms with van der Waals surface area (Å²) >= 11 is 0. The molecule has 0 aliphatic carbocycles. The zero-order valence-corrected chi connectivity index (χ0v) is 17.1. The van der Waals surface area contributed by atoms with Crippen LogP contribution in [-0.2, 0) is 0 Å². The molecule has 6 heteroatoms. The van der Waals surface area contributed by atoms with Gasteiger partial charge >= 0.3 is 18.9 Å². The summed E-state index contributed by atoms with van der Waals surface area (Å²) in [5.41, 5.74) is 2.85. The van der Waals surface area contributed by atoms with Crippen LogP contribution in [0.25, 0.3) is 0 Å². The first-order valence-corrected chi connectivity index (χ1v) is 9.95. The number of hydrogen-bond donors (Lipinski definition) is 0. The van der Waals surface area contributed by atoms with E-state index in [1.54, 1.807) is 0 Å². The Labute approximate surface area is 175 Å². The maximum absolute atomic E-state index is 13.0. The van der Waals surface area contributed by atoms with Crippen LogP contribution in [0.3, 0.4) is 0 Å². The first kappa shape index (κ1) is 23.6. The van der Waals surface area contributed by atoms with E-state index in [9.17, 15) is 4.79 Å². The van der Waals surface area contributed by atoms with Gasteiger partial charge in [0, 0.05) is 17.7 Å². The molecule has 0 aliphatic rings. The summed E-state index contributed by atoms with van der Waals surface area (Å²) in [6.07, 6.45) is 0. The van der Waals surface area contributed by atoms with E-state index in [4.69, 9.17) is 14.2 Å². The summed E-state index contributed by atoms with van der Waals surface area (Å²) in [7, 11) is -0.0802. The van der Waals surface area contributed by atoms with Crippen molar-refractivity contribution < 1.29 is 19.0 Å². The van der Waals surface area contributed by atoms with Gasteiger partial charge in [0.2, 0.25) is 0 Å². The normalized spacial score (nSPS) is 10.6. The second kappa shape index (κ2) is 11.4. The van der Waals surface area contributed by atoms with Crippen molar-refractivity contribution in [1.82, 2.24) is 0 Å². The second-order valence-corrected chi connectivity index (χ2v) is 7.02. The van der Waals surface area contributed by atoms with Crippen LogP contribution < -0.4 is 19.5 Å². The van der Waals surface area contributed by atoms with E-state index in [0.29, 0.717) is 37.1 Å². The molecule has 0 fully saturated rings. The number of hydrogen-bond acceptors (Lipinski definition) is 4. The van der Waals surface area contributed by atoms with Gasteiger partial charge in [0.05, 0.1) is 25.1 Å². The maximum atomic E-state index is 13.0. The van der Waals surface area contributed by atoms with Gasteiger partial charge in [0.15, 0.2) is 5.52 Å². The van der Waals surface area contributed by atoms with Gasteiger partial charge in [-0.2, -0.15) is 0 Å². The van der Waals surface area contributed by atoms with E-state index in [-0.39, 0.29) is 33.0 Å².